The van der Waals surface area contributed by atoms with Crippen LogP contribution in [0.5, 0.6) is 0 Å². The molecule has 0 aliphatic carbocycles. The molecule has 0 unspecified atom stereocenters. The van der Waals surface area contributed by atoms with Gasteiger partial charge in [0, 0.05) is 18.6 Å². The molecule has 0 amide bonds. The highest BCUT2D eigenvalue weighted by Crippen LogP contribution is 2.16. The van der Waals surface area contributed by atoms with Gasteiger partial charge in [0.15, 0.2) is 12.4 Å². The fourth-order valence-electron chi connectivity index (χ4n) is 3.78. The van der Waals surface area contributed by atoms with Gasteiger partial charge < -0.3 is 4.74 Å². The number of esters is 1. The van der Waals surface area contributed by atoms with Gasteiger partial charge in [-0.05, 0) is 13.3 Å². The molecule has 0 radical (unpaired) electrons. The lowest BCUT2D eigenvalue weighted by Gasteiger charge is -2.11. The minimum Gasteiger partial charge on any atom is -0.461 e. The first-order chi connectivity index (χ1) is 13.8. The number of unbranched alkanes of at least 4 members (excludes halogenated alkanes) is 13. The fourth-order valence-corrected chi connectivity index (χ4v) is 3.78. The van der Waals surface area contributed by atoms with Crippen LogP contribution in [0, 0.1) is 0 Å². The van der Waals surface area contributed by atoms with Crippen LogP contribution in [0.1, 0.15) is 116 Å². The van der Waals surface area contributed by atoms with E-state index in [1.54, 1.807) is 0 Å². The zero-order valence-electron chi connectivity index (χ0n) is 18.5. The molecule has 3 nitrogen and oxygen atoms in total. The summed E-state index contributed by atoms with van der Waals surface area (Å²) in [5.41, 5.74) is 0. The van der Waals surface area contributed by atoms with Crippen molar-refractivity contribution >= 4 is 5.97 Å². The second kappa shape index (κ2) is 17.7. The molecule has 0 bridgehead atoms. The number of pyridine rings is 1. The van der Waals surface area contributed by atoms with Crippen molar-refractivity contribution in [2.24, 2.45) is 0 Å². The quantitative estimate of drug-likeness (QED) is 0.154. The molecule has 1 heterocycles. The van der Waals surface area contributed by atoms with Crippen LogP contribution in [0.2, 0.25) is 0 Å². The predicted octanol–water partition coefficient (Wildman–Crippen LogP) is 6.95. The lowest BCUT2D eigenvalue weighted by molar-refractivity contribution is -0.711. The molecular formula is C25H44NO2+. The smallest absolute Gasteiger partial charge is 0.375 e. The van der Waals surface area contributed by atoms with E-state index in [0.29, 0.717) is 6.61 Å². The van der Waals surface area contributed by atoms with Gasteiger partial charge >= 0.3 is 5.97 Å². The summed E-state index contributed by atoms with van der Waals surface area (Å²) in [6.45, 7) is 4.60. The maximum atomic E-state index is 12.3. The highest BCUT2D eigenvalue weighted by Gasteiger charge is 2.27. The van der Waals surface area contributed by atoms with E-state index in [0.717, 1.165) is 12.8 Å². The molecule has 160 valence electrons. The molecule has 0 N–H and O–H groups in total. The van der Waals surface area contributed by atoms with Crippen LogP contribution in [0.15, 0.2) is 30.6 Å². The van der Waals surface area contributed by atoms with Crippen molar-refractivity contribution in [2.75, 3.05) is 6.61 Å². The molecule has 0 aliphatic rings. The summed E-state index contributed by atoms with van der Waals surface area (Å²) in [5, 5.41) is 0. The van der Waals surface area contributed by atoms with Gasteiger partial charge in [-0.15, -0.1) is 0 Å². The van der Waals surface area contributed by atoms with Crippen molar-refractivity contribution in [3.63, 3.8) is 0 Å². The fraction of sp³-hybridized carbons (Fsp3) is 0.760. The summed E-state index contributed by atoms with van der Waals surface area (Å²) in [6, 6.07) is 5.73. The molecule has 0 spiro atoms. The third-order valence-electron chi connectivity index (χ3n) is 5.49. The zero-order chi connectivity index (χ0) is 20.3. The van der Waals surface area contributed by atoms with Crippen molar-refractivity contribution in [3.05, 3.63) is 30.6 Å². The molecule has 28 heavy (non-hydrogen) atoms. The van der Waals surface area contributed by atoms with Crippen molar-refractivity contribution in [2.45, 2.75) is 116 Å². The van der Waals surface area contributed by atoms with E-state index in [1.165, 1.54) is 83.5 Å². The normalized spacial score (nSPS) is 12.1. The van der Waals surface area contributed by atoms with Crippen LogP contribution >= 0.6 is 0 Å². The molecule has 1 atom stereocenters. The minimum atomic E-state index is -0.182. The topological polar surface area (TPSA) is 30.2 Å². The van der Waals surface area contributed by atoms with Gasteiger partial charge in [-0.2, -0.15) is 4.57 Å². The number of rotatable bonds is 18. The monoisotopic (exact) mass is 390 g/mol. The van der Waals surface area contributed by atoms with Crippen LogP contribution in [0.3, 0.4) is 0 Å². The lowest BCUT2D eigenvalue weighted by atomic mass is 10.0. The Balaban J connectivity index is 2.03. The first-order valence-electron chi connectivity index (χ1n) is 11.9. The third-order valence-corrected chi connectivity index (χ3v) is 5.49. The highest BCUT2D eigenvalue weighted by molar-refractivity contribution is 5.72. The van der Waals surface area contributed by atoms with Crippen molar-refractivity contribution in [1.29, 1.82) is 0 Å². The largest absolute Gasteiger partial charge is 0.461 e. The molecule has 0 aromatic carbocycles. The van der Waals surface area contributed by atoms with Gasteiger partial charge in [-0.3, -0.25) is 0 Å². The molecule has 0 saturated heterocycles. The Hall–Kier alpha value is -1.38. The number of hydrogen-bond acceptors (Lipinski definition) is 2. The van der Waals surface area contributed by atoms with E-state index in [-0.39, 0.29) is 12.0 Å². The second-order valence-electron chi connectivity index (χ2n) is 7.98. The molecular weight excluding hydrogens is 346 g/mol. The number of carbonyl (C=O) groups is 1. The zero-order valence-corrected chi connectivity index (χ0v) is 18.5. The molecule has 0 fully saturated rings. The van der Waals surface area contributed by atoms with Crippen molar-refractivity contribution in [1.82, 2.24) is 0 Å². The molecule has 0 saturated carbocycles. The molecule has 3 heteroatoms. The standard InChI is InChI=1S/C25H44NO2/c1-3-5-6-7-8-9-10-11-12-13-14-15-16-18-21-24(25(27)28-4-2)26-22-19-17-20-23-26/h17,19-20,22-24H,3-16,18,21H2,1-2H3/q+1/t24-/m1/s1. The predicted molar refractivity (Wildman–Crippen MR) is 117 cm³/mol. The Morgan fingerprint density at radius 1 is 0.714 bits per heavy atom. The van der Waals surface area contributed by atoms with Crippen LogP contribution in [0.4, 0.5) is 0 Å². The average Bonchev–Trinajstić information content (AvgIpc) is 2.72. The number of aromatic nitrogens is 1. The van der Waals surface area contributed by atoms with Crippen LogP contribution in [-0.4, -0.2) is 12.6 Å². The number of hydrogen-bond donors (Lipinski definition) is 0. The Bertz CT molecular complexity index is 475. The summed E-state index contributed by atoms with van der Waals surface area (Å²) in [6.07, 6.45) is 23.8. The first kappa shape index (κ1) is 24.7. The van der Waals surface area contributed by atoms with Gasteiger partial charge in [-0.1, -0.05) is 96.5 Å². The van der Waals surface area contributed by atoms with Gasteiger partial charge in [0.05, 0.1) is 6.61 Å². The van der Waals surface area contributed by atoms with E-state index < -0.39 is 0 Å². The first-order valence-corrected chi connectivity index (χ1v) is 11.9. The van der Waals surface area contributed by atoms with Crippen LogP contribution < -0.4 is 4.57 Å². The summed E-state index contributed by atoms with van der Waals surface area (Å²) >= 11 is 0. The summed E-state index contributed by atoms with van der Waals surface area (Å²) in [4.78, 5) is 12.3. The van der Waals surface area contributed by atoms with Crippen molar-refractivity contribution < 1.29 is 14.1 Å². The lowest BCUT2D eigenvalue weighted by Crippen LogP contribution is -2.44. The number of ether oxygens (including phenoxy) is 1. The van der Waals surface area contributed by atoms with Gasteiger partial charge in [-0.25, -0.2) is 4.79 Å². The van der Waals surface area contributed by atoms with E-state index in [2.05, 4.69) is 6.92 Å². The van der Waals surface area contributed by atoms with Crippen molar-refractivity contribution in [3.8, 4) is 0 Å². The summed E-state index contributed by atoms with van der Waals surface area (Å²) < 4.78 is 7.25. The highest BCUT2D eigenvalue weighted by atomic mass is 16.5. The molecule has 1 aromatic rings. The summed E-state index contributed by atoms with van der Waals surface area (Å²) in [7, 11) is 0. The maximum Gasteiger partial charge on any atom is 0.375 e. The third kappa shape index (κ3) is 12.2. The SMILES string of the molecule is CCCCCCCCCCCCCCCC[C@H](C(=O)OCC)[n+]1ccccc1. The second-order valence-corrected chi connectivity index (χ2v) is 7.98. The minimum absolute atomic E-state index is 0.103. The van der Waals surface area contributed by atoms with Gasteiger partial charge in [0.25, 0.3) is 6.04 Å². The van der Waals surface area contributed by atoms with Gasteiger partial charge in [0.2, 0.25) is 0 Å². The van der Waals surface area contributed by atoms with E-state index in [9.17, 15) is 4.79 Å². The Labute approximate surface area is 173 Å². The van der Waals surface area contributed by atoms with E-state index >= 15 is 0 Å². The van der Waals surface area contributed by atoms with Crippen LogP contribution in [0.25, 0.3) is 0 Å². The van der Waals surface area contributed by atoms with E-state index in [4.69, 9.17) is 4.74 Å². The molecule has 1 aromatic heterocycles. The maximum absolute atomic E-state index is 12.3. The summed E-state index contributed by atoms with van der Waals surface area (Å²) in [5.74, 6) is -0.103. The van der Waals surface area contributed by atoms with Crippen LogP contribution in [-0.2, 0) is 9.53 Å². The Kier molecular flexibility index (Phi) is 15.6. The number of carbonyl (C=O) groups excluding carboxylic acids is 1. The average molecular weight is 391 g/mol. The molecule has 1 rings (SSSR count). The van der Waals surface area contributed by atoms with Gasteiger partial charge in [0.1, 0.15) is 0 Å². The Morgan fingerprint density at radius 3 is 1.64 bits per heavy atom. The Morgan fingerprint density at radius 2 is 1.18 bits per heavy atom. The van der Waals surface area contributed by atoms with E-state index in [1.807, 2.05) is 42.1 Å². The molecule has 0 aliphatic heterocycles. The number of nitrogens with zero attached hydrogens (tertiary/aromatic N) is 1.